The van der Waals surface area contributed by atoms with Crippen LogP contribution in [0.15, 0.2) is 66.7 Å². The molecule has 0 aliphatic heterocycles. The highest BCUT2D eigenvalue weighted by Gasteiger charge is 2.19. The van der Waals surface area contributed by atoms with E-state index in [4.69, 9.17) is 16.7 Å². The van der Waals surface area contributed by atoms with Crippen LogP contribution in [0.2, 0.25) is 5.02 Å². The Kier molecular flexibility index (Phi) is 6.70. The first kappa shape index (κ1) is 23.9. The van der Waals surface area contributed by atoms with Gasteiger partial charge in [-0.3, -0.25) is 4.79 Å². The summed E-state index contributed by atoms with van der Waals surface area (Å²) in [5, 5.41) is 8.65. The highest BCUT2D eigenvalue weighted by atomic mass is 35.5. The van der Waals surface area contributed by atoms with Crippen molar-refractivity contribution in [3.63, 3.8) is 0 Å². The number of rotatable bonds is 7. The number of hydrogen-bond donors (Lipinski definition) is 1. The Labute approximate surface area is 201 Å². The van der Waals surface area contributed by atoms with Crippen molar-refractivity contribution < 1.29 is 17.6 Å². The van der Waals surface area contributed by atoms with Crippen LogP contribution >= 0.6 is 11.6 Å². The number of benzene rings is 3. The third kappa shape index (κ3) is 4.82. The summed E-state index contributed by atoms with van der Waals surface area (Å²) in [5.74, 6) is -1.00. The number of halogens is 2. The summed E-state index contributed by atoms with van der Waals surface area (Å²) in [5.41, 5.74) is 2.91. The fourth-order valence-corrected chi connectivity index (χ4v) is 4.42. The number of nitrogens with zero attached hydrogens (tertiary/aromatic N) is 3. The first-order valence-corrected chi connectivity index (χ1v) is 12.4. The van der Waals surface area contributed by atoms with Crippen LogP contribution in [0.5, 0.6) is 0 Å². The predicted molar refractivity (Wildman–Crippen MR) is 131 cm³/mol. The molecule has 0 unspecified atom stereocenters. The minimum absolute atomic E-state index is 0.0283. The molecule has 0 spiro atoms. The standard InChI is InChI=1S/C24H22ClFN4O3S/c1-29(2)34(32,33)14-13-27-24(31)16-7-12-20-22(15-16)30(18-10-8-17(26)9-11-18)28-23(20)19-5-3-4-6-21(19)25/h3-12,15H,13-14H2,1-2H3,(H,27,31). The van der Waals surface area contributed by atoms with Crippen LogP contribution < -0.4 is 5.32 Å². The van der Waals surface area contributed by atoms with E-state index in [2.05, 4.69) is 5.32 Å². The van der Waals surface area contributed by atoms with Crippen molar-refractivity contribution in [1.29, 1.82) is 0 Å². The van der Waals surface area contributed by atoms with Crippen molar-refractivity contribution in [2.45, 2.75) is 0 Å². The maximum atomic E-state index is 13.5. The number of carbonyl (C=O) groups is 1. The lowest BCUT2D eigenvalue weighted by atomic mass is 10.1. The molecule has 0 fully saturated rings. The number of hydrogen-bond acceptors (Lipinski definition) is 4. The van der Waals surface area contributed by atoms with Crippen molar-refractivity contribution in [3.8, 4) is 16.9 Å². The summed E-state index contributed by atoms with van der Waals surface area (Å²) in [4.78, 5) is 12.7. The molecule has 1 amide bonds. The number of aromatic nitrogens is 2. The predicted octanol–water partition coefficient (Wildman–Crippen LogP) is 4.11. The van der Waals surface area contributed by atoms with E-state index in [1.54, 1.807) is 41.1 Å². The van der Waals surface area contributed by atoms with E-state index in [0.717, 1.165) is 15.3 Å². The molecular weight excluding hydrogens is 479 g/mol. The third-order valence-electron chi connectivity index (χ3n) is 5.35. The van der Waals surface area contributed by atoms with Gasteiger partial charge in [0.05, 0.1) is 22.0 Å². The van der Waals surface area contributed by atoms with Crippen molar-refractivity contribution in [2.75, 3.05) is 26.4 Å². The second kappa shape index (κ2) is 9.54. The zero-order chi connectivity index (χ0) is 24.5. The molecule has 3 aromatic carbocycles. The molecule has 176 valence electrons. The topological polar surface area (TPSA) is 84.3 Å². The van der Waals surface area contributed by atoms with Gasteiger partial charge in [-0.25, -0.2) is 21.8 Å². The Hall–Kier alpha value is -3.27. The summed E-state index contributed by atoms with van der Waals surface area (Å²) in [6.45, 7) is -0.0283. The Morgan fingerprint density at radius 1 is 1.09 bits per heavy atom. The molecule has 10 heteroatoms. The fraction of sp³-hybridized carbons (Fsp3) is 0.167. The summed E-state index contributed by atoms with van der Waals surface area (Å²) in [7, 11) is -0.542. The van der Waals surface area contributed by atoms with Gasteiger partial charge in [-0.15, -0.1) is 0 Å². The van der Waals surface area contributed by atoms with Crippen molar-refractivity contribution in [3.05, 3.63) is 83.1 Å². The number of amides is 1. The van der Waals surface area contributed by atoms with Crippen molar-refractivity contribution in [1.82, 2.24) is 19.4 Å². The lowest BCUT2D eigenvalue weighted by Gasteiger charge is -2.11. The first-order valence-electron chi connectivity index (χ1n) is 10.4. The molecule has 4 aromatic rings. The summed E-state index contributed by atoms with van der Waals surface area (Å²) in [6.07, 6.45) is 0. The van der Waals surface area contributed by atoms with Gasteiger partial charge in [0.1, 0.15) is 11.5 Å². The molecule has 0 radical (unpaired) electrons. The summed E-state index contributed by atoms with van der Waals surface area (Å²) >= 11 is 6.42. The maximum Gasteiger partial charge on any atom is 0.251 e. The van der Waals surface area contributed by atoms with Crippen molar-refractivity contribution >= 4 is 38.4 Å². The smallest absolute Gasteiger partial charge is 0.251 e. The lowest BCUT2D eigenvalue weighted by molar-refractivity contribution is 0.0956. The zero-order valence-corrected chi connectivity index (χ0v) is 20.1. The van der Waals surface area contributed by atoms with Gasteiger partial charge in [-0.05, 0) is 48.5 Å². The number of nitrogens with one attached hydrogen (secondary N) is 1. The van der Waals surface area contributed by atoms with Crippen LogP contribution in [0.4, 0.5) is 4.39 Å². The van der Waals surface area contributed by atoms with E-state index in [1.165, 1.54) is 26.2 Å². The second-order valence-corrected chi connectivity index (χ2v) is 10.5. The van der Waals surface area contributed by atoms with Crippen LogP contribution in [0.3, 0.4) is 0 Å². The molecule has 0 saturated heterocycles. The highest BCUT2D eigenvalue weighted by molar-refractivity contribution is 7.89. The van der Waals surface area contributed by atoms with Gasteiger partial charge in [0.15, 0.2) is 0 Å². The van der Waals surface area contributed by atoms with Crippen LogP contribution in [0.25, 0.3) is 27.8 Å². The van der Waals surface area contributed by atoms with E-state index in [9.17, 15) is 17.6 Å². The Bertz CT molecular complexity index is 1470. The van der Waals surface area contributed by atoms with Crippen molar-refractivity contribution in [2.24, 2.45) is 0 Å². The second-order valence-electron chi connectivity index (χ2n) is 7.80. The summed E-state index contributed by atoms with van der Waals surface area (Å²) in [6, 6.07) is 18.2. The number of fused-ring (bicyclic) bond motifs is 1. The van der Waals surface area contributed by atoms with E-state index >= 15 is 0 Å². The molecule has 0 aliphatic carbocycles. The largest absolute Gasteiger partial charge is 0.351 e. The van der Waals surface area contributed by atoms with Crippen LogP contribution in [0.1, 0.15) is 10.4 Å². The average Bonchev–Trinajstić information content (AvgIpc) is 3.18. The monoisotopic (exact) mass is 500 g/mol. The molecule has 34 heavy (non-hydrogen) atoms. The van der Waals surface area contributed by atoms with Gasteiger partial charge in [-0.2, -0.15) is 5.10 Å². The lowest BCUT2D eigenvalue weighted by Crippen LogP contribution is -2.33. The van der Waals surface area contributed by atoms with Gasteiger partial charge < -0.3 is 5.32 Å². The minimum atomic E-state index is -3.43. The molecule has 0 bridgehead atoms. The van der Waals surface area contributed by atoms with Crippen LogP contribution in [-0.2, 0) is 10.0 Å². The number of sulfonamides is 1. The minimum Gasteiger partial charge on any atom is -0.351 e. The SMILES string of the molecule is CN(C)S(=O)(=O)CCNC(=O)c1ccc2c(-c3ccccc3Cl)nn(-c3ccc(F)cc3)c2c1. The maximum absolute atomic E-state index is 13.5. The Balaban J connectivity index is 1.75. The van der Waals surface area contributed by atoms with Gasteiger partial charge in [0.25, 0.3) is 5.91 Å². The quantitative estimate of drug-likeness (QED) is 0.414. The summed E-state index contributed by atoms with van der Waals surface area (Å²) < 4.78 is 40.1. The molecule has 4 rings (SSSR count). The van der Waals surface area contributed by atoms with Crippen LogP contribution in [-0.4, -0.2) is 54.8 Å². The van der Waals surface area contributed by atoms with Gasteiger partial charge in [0.2, 0.25) is 10.0 Å². The van der Waals surface area contributed by atoms with Crippen LogP contribution in [0, 0.1) is 5.82 Å². The molecule has 0 atom stereocenters. The molecular formula is C24H22ClFN4O3S. The van der Waals surface area contributed by atoms with E-state index < -0.39 is 15.9 Å². The van der Waals surface area contributed by atoms with E-state index in [0.29, 0.717) is 27.5 Å². The Morgan fingerprint density at radius 3 is 2.47 bits per heavy atom. The average molecular weight is 501 g/mol. The number of carbonyl (C=O) groups excluding carboxylic acids is 1. The van der Waals surface area contributed by atoms with Gasteiger partial charge in [0, 0.05) is 37.2 Å². The molecule has 7 nitrogen and oxygen atoms in total. The first-order chi connectivity index (χ1) is 16.2. The molecule has 0 saturated carbocycles. The zero-order valence-electron chi connectivity index (χ0n) is 18.5. The molecule has 0 aliphatic rings. The fourth-order valence-electron chi connectivity index (χ4n) is 3.47. The molecule has 1 heterocycles. The third-order valence-corrected chi connectivity index (χ3v) is 7.51. The molecule has 1 aromatic heterocycles. The Morgan fingerprint density at radius 2 is 1.79 bits per heavy atom. The van der Waals surface area contributed by atoms with E-state index in [-0.39, 0.29) is 18.1 Å². The van der Waals surface area contributed by atoms with Gasteiger partial charge in [-0.1, -0.05) is 29.8 Å². The van der Waals surface area contributed by atoms with E-state index in [1.807, 2.05) is 18.2 Å². The molecule has 1 N–H and O–H groups in total. The normalized spacial score (nSPS) is 11.8. The van der Waals surface area contributed by atoms with Gasteiger partial charge >= 0.3 is 0 Å². The highest BCUT2D eigenvalue weighted by Crippen LogP contribution is 2.34.